The van der Waals surface area contributed by atoms with Crippen LogP contribution in [0.1, 0.15) is 15.4 Å². The first-order valence-corrected chi connectivity index (χ1v) is 8.22. The van der Waals surface area contributed by atoms with Gasteiger partial charge in [-0.15, -0.1) is 5.10 Å². The van der Waals surface area contributed by atoms with Gasteiger partial charge in [0.25, 0.3) is 15.0 Å². The van der Waals surface area contributed by atoms with Crippen LogP contribution in [-0.4, -0.2) is 23.9 Å². The Morgan fingerprint density at radius 1 is 1.45 bits per heavy atom. The van der Waals surface area contributed by atoms with E-state index in [2.05, 4.69) is 14.9 Å². The molecule has 0 atom stereocenters. The zero-order valence-electron chi connectivity index (χ0n) is 9.92. The molecule has 0 unspecified atom stereocenters. The van der Waals surface area contributed by atoms with E-state index in [0.717, 1.165) is 29.7 Å². The second kappa shape index (κ2) is 5.43. The van der Waals surface area contributed by atoms with Gasteiger partial charge in [-0.1, -0.05) is 4.49 Å². The summed E-state index contributed by atoms with van der Waals surface area (Å²) in [6.07, 6.45) is 0. The molecule has 0 radical (unpaired) electrons. The summed E-state index contributed by atoms with van der Waals surface area (Å²) in [4.78, 5) is 11.7. The lowest BCUT2D eigenvalue weighted by Crippen LogP contribution is -2.13. The zero-order valence-corrected chi connectivity index (χ0v) is 12.3. The number of benzene rings is 1. The van der Waals surface area contributed by atoms with Crippen molar-refractivity contribution in [3.8, 4) is 0 Å². The second-order valence-electron chi connectivity index (χ2n) is 3.72. The zero-order chi connectivity index (χ0) is 14.9. The molecule has 0 aliphatic heterocycles. The van der Waals surface area contributed by atoms with Crippen LogP contribution in [0, 0.1) is 12.7 Å². The fraction of sp³-hybridized carbons (Fsp3) is 0.100. The quantitative estimate of drug-likeness (QED) is 0.868. The highest BCUT2D eigenvalue weighted by Gasteiger charge is 2.17. The Balaban J connectivity index is 2.27. The van der Waals surface area contributed by atoms with Gasteiger partial charge in [0.2, 0.25) is 0 Å². The molecular weight excluding hydrogens is 329 g/mol. The molecule has 0 aliphatic rings. The fourth-order valence-corrected chi connectivity index (χ4v) is 2.68. The molecule has 1 aromatic heterocycles. The van der Waals surface area contributed by atoms with Gasteiger partial charge in [-0.2, -0.15) is 0 Å². The highest BCUT2D eigenvalue weighted by Crippen LogP contribution is 2.22. The van der Waals surface area contributed by atoms with Crippen molar-refractivity contribution in [2.45, 2.75) is 11.8 Å². The highest BCUT2D eigenvalue weighted by atomic mass is 35.7. The van der Waals surface area contributed by atoms with Crippen LogP contribution in [0.15, 0.2) is 23.1 Å². The summed E-state index contributed by atoms with van der Waals surface area (Å²) in [6, 6.07) is 2.95. The molecule has 1 N–H and O–H groups in total. The summed E-state index contributed by atoms with van der Waals surface area (Å²) < 4.78 is 39.4. The summed E-state index contributed by atoms with van der Waals surface area (Å²) in [5, 5.41) is 5.98. The molecule has 20 heavy (non-hydrogen) atoms. The summed E-state index contributed by atoms with van der Waals surface area (Å²) in [7, 11) is 1.08. The van der Waals surface area contributed by atoms with E-state index in [9.17, 15) is 17.6 Å². The van der Waals surface area contributed by atoms with Crippen LogP contribution in [0.3, 0.4) is 0 Å². The van der Waals surface area contributed by atoms with Crippen molar-refractivity contribution in [1.29, 1.82) is 0 Å². The third kappa shape index (κ3) is 3.11. The topological polar surface area (TPSA) is 89.0 Å². The van der Waals surface area contributed by atoms with E-state index < -0.39 is 20.8 Å². The average molecular weight is 336 g/mol. The van der Waals surface area contributed by atoms with Crippen molar-refractivity contribution in [2.75, 3.05) is 5.32 Å². The number of nitrogens with zero attached hydrogens (tertiary/aromatic N) is 2. The molecule has 0 saturated carbocycles. The monoisotopic (exact) mass is 335 g/mol. The lowest BCUT2D eigenvalue weighted by atomic mass is 10.3. The number of carbonyl (C=O) groups is 1. The number of aryl methyl sites for hydroxylation is 1. The predicted molar refractivity (Wildman–Crippen MR) is 72.0 cm³/mol. The van der Waals surface area contributed by atoms with E-state index in [4.69, 9.17) is 10.7 Å². The smallest absolute Gasteiger partial charge is 0.269 e. The van der Waals surface area contributed by atoms with Crippen LogP contribution in [0.4, 0.5) is 10.1 Å². The fourth-order valence-electron chi connectivity index (χ4n) is 1.37. The highest BCUT2D eigenvalue weighted by molar-refractivity contribution is 8.13. The van der Waals surface area contributed by atoms with Gasteiger partial charge in [-0.05, 0) is 36.7 Å². The first kappa shape index (κ1) is 14.8. The van der Waals surface area contributed by atoms with E-state index in [1.54, 1.807) is 6.92 Å². The number of hydrogen-bond donors (Lipinski definition) is 1. The molecule has 0 fully saturated rings. The molecule has 1 heterocycles. The van der Waals surface area contributed by atoms with E-state index in [1.807, 2.05) is 0 Å². The third-order valence-corrected chi connectivity index (χ3v) is 4.51. The minimum absolute atomic E-state index is 0.160. The van der Waals surface area contributed by atoms with Crippen LogP contribution in [-0.2, 0) is 9.05 Å². The Bertz CT molecular complexity index is 776. The summed E-state index contributed by atoms with van der Waals surface area (Å²) in [5.41, 5.74) is 0.264. The Hall–Kier alpha value is -1.58. The largest absolute Gasteiger partial charge is 0.319 e. The van der Waals surface area contributed by atoms with Gasteiger partial charge in [0.1, 0.15) is 10.7 Å². The van der Waals surface area contributed by atoms with Gasteiger partial charge in [0.15, 0.2) is 0 Å². The van der Waals surface area contributed by atoms with Crippen LogP contribution in [0.5, 0.6) is 0 Å². The summed E-state index contributed by atoms with van der Waals surface area (Å²) in [6.45, 7) is 1.60. The lowest BCUT2D eigenvalue weighted by Gasteiger charge is -2.06. The first-order valence-electron chi connectivity index (χ1n) is 5.13. The van der Waals surface area contributed by atoms with Gasteiger partial charge in [0.05, 0.1) is 16.3 Å². The number of aromatic nitrogens is 2. The summed E-state index contributed by atoms with van der Waals surface area (Å²) in [5.74, 6) is -1.48. The van der Waals surface area contributed by atoms with Crippen molar-refractivity contribution < 1.29 is 17.6 Å². The average Bonchev–Trinajstić information content (AvgIpc) is 2.76. The van der Waals surface area contributed by atoms with Gasteiger partial charge in [0, 0.05) is 10.7 Å². The lowest BCUT2D eigenvalue weighted by molar-refractivity contribution is 0.102. The van der Waals surface area contributed by atoms with E-state index in [-0.39, 0.29) is 15.5 Å². The molecule has 0 saturated heterocycles. The minimum Gasteiger partial charge on any atom is -0.319 e. The number of halogens is 2. The van der Waals surface area contributed by atoms with Crippen molar-refractivity contribution in [2.24, 2.45) is 0 Å². The van der Waals surface area contributed by atoms with Crippen LogP contribution in [0.2, 0.25) is 0 Å². The van der Waals surface area contributed by atoms with E-state index in [1.165, 1.54) is 0 Å². The van der Waals surface area contributed by atoms with Gasteiger partial charge in [-0.3, -0.25) is 4.79 Å². The Labute approximate surface area is 122 Å². The maximum atomic E-state index is 13.7. The molecule has 1 aromatic carbocycles. The van der Waals surface area contributed by atoms with Crippen molar-refractivity contribution in [3.63, 3.8) is 0 Å². The Morgan fingerprint density at radius 2 is 2.15 bits per heavy atom. The molecule has 1 amide bonds. The number of hydrogen-bond acceptors (Lipinski definition) is 6. The minimum atomic E-state index is -4.02. The van der Waals surface area contributed by atoms with Crippen LogP contribution < -0.4 is 5.32 Å². The molecule has 0 spiro atoms. The third-order valence-electron chi connectivity index (χ3n) is 2.33. The Kier molecular flexibility index (Phi) is 4.02. The molecule has 10 heteroatoms. The van der Waals surface area contributed by atoms with Gasteiger partial charge >= 0.3 is 0 Å². The van der Waals surface area contributed by atoms with Crippen molar-refractivity contribution >= 4 is 42.9 Å². The van der Waals surface area contributed by atoms with Crippen LogP contribution >= 0.6 is 22.2 Å². The van der Waals surface area contributed by atoms with E-state index >= 15 is 0 Å². The number of rotatable bonds is 3. The molecule has 0 aliphatic carbocycles. The SMILES string of the molecule is Cc1nnsc1C(=O)Nc1ccc(S(=O)(=O)Cl)cc1F. The van der Waals surface area contributed by atoms with Gasteiger partial charge < -0.3 is 5.32 Å². The molecule has 2 rings (SSSR count). The Morgan fingerprint density at radius 3 is 2.65 bits per heavy atom. The predicted octanol–water partition coefficient (Wildman–Crippen LogP) is 2.17. The number of amides is 1. The summed E-state index contributed by atoms with van der Waals surface area (Å²) >= 11 is 0.878. The van der Waals surface area contributed by atoms with Crippen molar-refractivity contribution in [1.82, 2.24) is 9.59 Å². The van der Waals surface area contributed by atoms with Gasteiger partial charge in [-0.25, -0.2) is 12.8 Å². The number of anilines is 1. The standard InChI is InChI=1S/C10H7ClFN3O3S2/c1-5-9(19-15-14-5)10(16)13-8-3-2-6(4-7(8)12)20(11,17)18/h2-4H,1H3,(H,13,16). The van der Waals surface area contributed by atoms with Crippen LogP contribution in [0.25, 0.3) is 0 Å². The molecule has 106 valence electrons. The van der Waals surface area contributed by atoms with Crippen molar-refractivity contribution in [3.05, 3.63) is 34.6 Å². The number of nitrogens with one attached hydrogen (secondary N) is 1. The van der Waals surface area contributed by atoms with E-state index in [0.29, 0.717) is 5.69 Å². The normalized spacial score (nSPS) is 11.3. The molecule has 6 nitrogen and oxygen atoms in total. The molecule has 0 bridgehead atoms. The maximum Gasteiger partial charge on any atom is 0.269 e. The first-order chi connectivity index (χ1) is 9.29. The molecule has 2 aromatic rings. The maximum absolute atomic E-state index is 13.7. The molecular formula is C10H7ClFN3O3S2. The number of carbonyl (C=O) groups excluding carboxylic acids is 1. The second-order valence-corrected chi connectivity index (χ2v) is 7.04.